The fraction of sp³-hybridized carbons (Fsp3) is 0.0952. The lowest BCUT2D eigenvalue weighted by Gasteiger charge is -2.11. The molecule has 0 atom stereocenters. The summed E-state index contributed by atoms with van der Waals surface area (Å²) in [5.41, 5.74) is 1.86. The number of nitrogens with zero attached hydrogens (tertiary/aromatic N) is 2. The highest BCUT2D eigenvalue weighted by Gasteiger charge is 2.08. The molecule has 1 heterocycles. The van der Waals surface area contributed by atoms with E-state index in [9.17, 15) is 4.79 Å². The van der Waals surface area contributed by atoms with Crippen molar-refractivity contribution in [3.05, 3.63) is 72.4 Å². The number of ether oxygens (including phenoxy) is 2. The predicted molar refractivity (Wildman–Crippen MR) is 106 cm³/mol. The molecule has 140 valence electrons. The van der Waals surface area contributed by atoms with E-state index in [1.807, 2.05) is 12.1 Å². The van der Waals surface area contributed by atoms with Crippen LogP contribution in [0.1, 0.15) is 5.56 Å². The summed E-state index contributed by atoms with van der Waals surface area (Å²) in [7, 11) is 1.54. The predicted octanol–water partition coefficient (Wildman–Crippen LogP) is 3.72. The molecule has 28 heavy (non-hydrogen) atoms. The molecule has 2 aromatic carbocycles. The molecule has 0 saturated carbocycles. The number of anilines is 3. The highest BCUT2D eigenvalue weighted by molar-refractivity contribution is 5.91. The van der Waals surface area contributed by atoms with Crippen molar-refractivity contribution >= 4 is 23.1 Å². The van der Waals surface area contributed by atoms with Crippen LogP contribution in [0.15, 0.2) is 66.9 Å². The SMILES string of the molecule is COc1ccccc1OCC(=O)Nc1ccc(Nc2cccc(C#N)c2)nc1. The van der Waals surface area contributed by atoms with Crippen LogP contribution in [0.3, 0.4) is 0 Å². The van der Waals surface area contributed by atoms with Gasteiger partial charge in [0, 0.05) is 5.69 Å². The van der Waals surface area contributed by atoms with Gasteiger partial charge in [-0.05, 0) is 42.5 Å². The lowest BCUT2D eigenvalue weighted by atomic mass is 10.2. The minimum absolute atomic E-state index is 0.151. The third-order valence-electron chi connectivity index (χ3n) is 3.74. The highest BCUT2D eigenvalue weighted by atomic mass is 16.5. The quantitative estimate of drug-likeness (QED) is 0.654. The molecule has 0 spiro atoms. The van der Waals surface area contributed by atoms with Gasteiger partial charge in [0.05, 0.1) is 30.6 Å². The van der Waals surface area contributed by atoms with Crippen LogP contribution in [-0.4, -0.2) is 24.6 Å². The molecule has 0 radical (unpaired) electrons. The number of aromatic nitrogens is 1. The third kappa shape index (κ3) is 4.99. The number of carbonyl (C=O) groups is 1. The summed E-state index contributed by atoms with van der Waals surface area (Å²) < 4.78 is 10.7. The molecular weight excluding hydrogens is 356 g/mol. The van der Waals surface area contributed by atoms with E-state index in [4.69, 9.17) is 14.7 Å². The van der Waals surface area contributed by atoms with Gasteiger partial charge in [0.2, 0.25) is 0 Å². The second-order valence-corrected chi connectivity index (χ2v) is 5.74. The van der Waals surface area contributed by atoms with Gasteiger partial charge in [0.25, 0.3) is 5.91 Å². The molecule has 3 aromatic rings. The third-order valence-corrected chi connectivity index (χ3v) is 3.74. The van der Waals surface area contributed by atoms with Crippen molar-refractivity contribution in [2.45, 2.75) is 0 Å². The van der Waals surface area contributed by atoms with Crippen molar-refractivity contribution < 1.29 is 14.3 Å². The van der Waals surface area contributed by atoms with Crippen molar-refractivity contribution in [3.63, 3.8) is 0 Å². The molecule has 0 unspecified atom stereocenters. The Labute approximate surface area is 162 Å². The second-order valence-electron chi connectivity index (χ2n) is 5.74. The number of methoxy groups -OCH3 is 1. The summed E-state index contributed by atoms with van der Waals surface area (Å²) >= 11 is 0. The Balaban J connectivity index is 1.55. The van der Waals surface area contributed by atoms with Gasteiger partial charge in [0.15, 0.2) is 18.1 Å². The van der Waals surface area contributed by atoms with Crippen LogP contribution in [0.4, 0.5) is 17.2 Å². The first kappa shape index (κ1) is 18.7. The van der Waals surface area contributed by atoms with Gasteiger partial charge in [-0.2, -0.15) is 5.26 Å². The highest BCUT2D eigenvalue weighted by Crippen LogP contribution is 2.25. The molecule has 1 aromatic heterocycles. The van der Waals surface area contributed by atoms with Gasteiger partial charge in [-0.25, -0.2) is 4.98 Å². The molecule has 1 amide bonds. The van der Waals surface area contributed by atoms with E-state index >= 15 is 0 Å². The Kier molecular flexibility index (Phi) is 6.06. The number of benzene rings is 2. The molecule has 3 rings (SSSR count). The first-order valence-corrected chi connectivity index (χ1v) is 8.47. The van der Waals surface area contributed by atoms with Crippen molar-refractivity contribution in [2.75, 3.05) is 24.4 Å². The lowest BCUT2D eigenvalue weighted by Crippen LogP contribution is -2.20. The summed E-state index contributed by atoms with van der Waals surface area (Å²) in [6.45, 7) is -0.151. The first-order valence-electron chi connectivity index (χ1n) is 8.47. The van der Waals surface area contributed by atoms with Gasteiger partial charge in [-0.3, -0.25) is 4.79 Å². The summed E-state index contributed by atoms with van der Waals surface area (Å²) in [6.07, 6.45) is 1.54. The normalized spacial score (nSPS) is 9.86. The fourth-order valence-corrected chi connectivity index (χ4v) is 2.43. The molecule has 7 heteroatoms. The molecule has 0 saturated heterocycles. The molecule has 0 bridgehead atoms. The van der Waals surface area contributed by atoms with E-state index < -0.39 is 0 Å². The number of carbonyl (C=O) groups excluding carboxylic acids is 1. The number of para-hydroxylation sites is 2. The number of rotatable bonds is 7. The van der Waals surface area contributed by atoms with Gasteiger partial charge in [-0.15, -0.1) is 0 Å². The van der Waals surface area contributed by atoms with E-state index in [0.29, 0.717) is 28.6 Å². The van der Waals surface area contributed by atoms with Gasteiger partial charge < -0.3 is 20.1 Å². The Hall–Kier alpha value is -4.05. The monoisotopic (exact) mass is 374 g/mol. The number of nitriles is 1. The minimum Gasteiger partial charge on any atom is -0.493 e. The molecule has 0 aliphatic rings. The molecule has 2 N–H and O–H groups in total. The van der Waals surface area contributed by atoms with Crippen LogP contribution in [-0.2, 0) is 4.79 Å². The first-order chi connectivity index (χ1) is 13.7. The maximum Gasteiger partial charge on any atom is 0.262 e. The zero-order valence-electron chi connectivity index (χ0n) is 15.2. The van der Waals surface area contributed by atoms with Crippen molar-refractivity contribution in [1.82, 2.24) is 4.98 Å². The van der Waals surface area contributed by atoms with Crippen LogP contribution in [0.5, 0.6) is 11.5 Å². The number of hydrogen-bond donors (Lipinski definition) is 2. The zero-order valence-corrected chi connectivity index (χ0v) is 15.2. The summed E-state index contributed by atoms with van der Waals surface area (Å²) in [4.78, 5) is 16.3. The van der Waals surface area contributed by atoms with Crippen molar-refractivity contribution in [2.24, 2.45) is 0 Å². The standard InChI is InChI=1S/C21H18N4O3/c1-27-18-7-2-3-8-19(18)28-14-21(26)25-17-9-10-20(23-13-17)24-16-6-4-5-15(11-16)12-22/h2-11,13H,14H2,1H3,(H,23,24)(H,25,26). The van der Waals surface area contributed by atoms with Crippen LogP contribution in [0.2, 0.25) is 0 Å². The Morgan fingerprint density at radius 1 is 1.07 bits per heavy atom. The smallest absolute Gasteiger partial charge is 0.262 e. The maximum atomic E-state index is 12.1. The average molecular weight is 374 g/mol. The summed E-state index contributed by atoms with van der Waals surface area (Å²) in [6, 6.07) is 19.7. The molecule has 0 aliphatic heterocycles. The van der Waals surface area contributed by atoms with E-state index in [0.717, 1.165) is 5.69 Å². The van der Waals surface area contributed by atoms with E-state index in [1.165, 1.54) is 6.20 Å². The molecule has 7 nitrogen and oxygen atoms in total. The number of pyridine rings is 1. The van der Waals surface area contributed by atoms with Crippen LogP contribution < -0.4 is 20.1 Å². The number of hydrogen-bond acceptors (Lipinski definition) is 6. The number of nitrogens with one attached hydrogen (secondary N) is 2. The van der Waals surface area contributed by atoms with Gasteiger partial charge >= 0.3 is 0 Å². The molecular formula is C21H18N4O3. The largest absolute Gasteiger partial charge is 0.493 e. The Morgan fingerprint density at radius 3 is 2.61 bits per heavy atom. The van der Waals surface area contributed by atoms with Gasteiger partial charge in [-0.1, -0.05) is 18.2 Å². The zero-order chi connectivity index (χ0) is 19.8. The summed E-state index contributed by atoms with van der Waals surface area (Å²) in [5, 5.41) is 14.8. The fourth-order valence-electron chi connectivity index (χ4n) is 2.43. The van der Waals surface area contributed by atoms with Gasteiger partial charge in [0.1, 0.15) is 5.82 Å². The second kappa shape index (κ2) is 9.05. The minimum atomic E-state index is -0.310. The maximum absolute atomic E-state index is 12.1. The Morgan fingerprint density at radius 2 is 1.89 bits per heavy atom. The van der Waals surface area contributed by atoms with Crippen LogP contribution in [0, 0.1) is 11.3 Å². The van der Waals surface area contributed by atoms with E-state index in [1.54, 1.807) is 55.6 Å². The lowest BCUT2D eigenvalue weighted by molar-refractivity contribution is -0.118. The Bertz CT molecular complexity index is 997. The molecule has 0 fully saturated rings. The molecule has 0 aliphatic carbocycles. The average Bonchev–Trinajstić information content (AvgIpc) is 2.74. The van der Waals surface area contributed by atoms with Crippen molar-refractivity contribution in [1.29, 1.82) is 5.26 Å². The van der Waals surface area contributed by atoms with E-state index in [2.05, 4.69) is 21.7 Å². The van der Waals surface area contributed by atoms with Crippen molar-refractivity contribution in [3.8, 4) is 17.6 Å². The summed E-state index contributed by atoms with van der Waals surface area (Å²) in [5.74, 6) is 1.35. The van der Waals surface area contributed by atoms with E-state index in [-0.39, 0.29) is 12.5 Å². The number of amides is 1. The van der Waals surface area contributed by atoms with Crippen LogP contribution in [0.25, 0.3) is 0 Å². The van der Waals surface area contributed by atoms with Crippen LogP contribution >= 0.6 is 0 Å². The topological polar surface area (TPSA) is 96.3 Å².